The van der Waals surface area contributed by atoms with Crippen LogP contribution in [0, 0.1) is 0 Å². The number of rotatable bonds is 2. The minimum atomic E-state index is 0.539. The van der Waals surface area contributed by atoms with E-state index in [9.17, 15) is 0 Å². The van der Waals surface area contributed by atoms with Gasteiger partial charge in [-0.05, 0) is 31.0 Å². The monoisotopic (exact) mass is 235 g/mol. The SMILES string of the molecule is COc1ccc2c(c1OC)CCN(C)CC2C. The lowest BCUT2D eigenvalue weighted by Crippen LogP contribution is -2.22. The van der Waals surface area contributed by atoms with Gasteiger partial charge in [-0.25, -0.2) is 0 Å². The number of fused-ring (bicyclic) bond motifs is 1. The number of benzene rings is 1. The number of nitrogens with zero attached hydrogens (tertiary/aromatic N) is 1. The third kappa shape index (κ3) is 2.25. The van der Waals surface area contributed by atoms with Crippen LogP contribution in [-0.4, -0.2) is 39.3 Å². The number of ether oxygens (including phenoxy) is 2. The molecule has 1 unspecified atom stereocenters. The Hall–Kier alpha value is -1.22. The van der Waals surface area contributed by atoms with E-state index in [1.165, 1.54) is 11.1 Å². The maximum atomic E-state index is 5.53. The average Bonchev–Trinajstić information content (AvgIpc) is 2.47. The summed E-state index contributed by atoms with van der Waals surface area (Å²) >= 11 is 0. The number of hydrogen-bond acceptors (Lipinski definition) is 3. The lowest BCUT2D eigenvalue weighted by molar-refractivity contribution is 0.330. The molecule has 1 aromatic rings. The topological polar surface area (TPSA) is 21.7 Å². The number of methoxy groups -OCH3 is 2. The predicted molar refractivity (Wildman–Crippen MR) is 69.2 cm³/mol. The molecule has 3 heteroatoms. The Morgan fingerprint density at radius 2 is 2.00 bits per heavy atom. The van der Waals surface area contributed by atoms with E-state index in [-0.39, 0.29) is 0 Å². The molecule has 0 radical (unpaired) electrons. The third-order valence-corrected chi connectivity index (χ3v) is 3.54. The van der Waals surface area contributed by atoms with Crippen LogP contribution < -0.4 is 9.47 Å². The summed E-state index contributed by atoms with van der Waals surface area (Å²) < 4.78 is 10.9. The second-order valence-corrected chi connectivity index (χ2v) is 4.78. The van der Waals surface area contributed by atoms with Crippen molar-refractivity contribution in [3.8, 4) is 11.5 Å². The van der Waals surface area contributed by atoms with E-state index in [1.807, 2.05) is 6.07 Å². The smallest absolute Gasteiger partial charge is 0.164 e. The van der Waals surface area contributed by atoms with Gasteiger partial charge >= 0.3 is 0 Å². The van der Waals surface area contributed by atoms with E-state index < -0.39 is 0 Å². The van der Waals surface area contributed by atoms with E-state index in [1.54, 1.807) is 14.2 Å². The van der Waals surface area contributed by atoms with Crippen molar-refractivity contribution in [1.29, 1.82) is 0 Å². The van der Waals surface area contributed by atoms with Crippen LogP contribution in [0.3, 0.4) is 0 Å². The second kappa shape index (κ2) is 4.96. The van der Waals surface area contributed by atoms with Crippen LogP contribution in [0.5, 0.6) is 11.5 Å². The van der Waals surface area contributed by atoms with Crippen LogP contribution in [0.15, 0.2) is 12.1 Å². The van der Waals surface area contributed by atoms with Crippen molar-refractivity contribution in [2.45, 2.75) is 19.3 Å². The van der Waals surface area contributed by atoms with Crippen molar-refractivity contribution < 1.29 is 9.47 Å². The molecule has 1 heterocycles. The summed E-state index contributed by atoms with van der Waals surface area (Å²) in [6.07, 6.45) is 1.02. The minimum absolute atomic E-state index is 0.539. The summed E-state index contributed by atoms with van der Waals surface area (Å²) in [4.78, 5) is 2.37. The molecule has 2 rings (SSSR count). The molecule has 0 fully saturated rings. The van der Waals surface area contributed by atoms with Crippen LogP contribution in [0.4, 0.5) is 0 Å². The van der Waals surface area contributed by atoms with Gasteiger partial charge in [-0.15, -0.1) is 0 Å². The van der Waals surface area contributed by atoms with Crippen LogP contribution in [0.2, 0.25) is 0 Å². The highest BCUT2D eigenvalue weighted by Crippen LogP contribution is 2.38. The molecule has 0 aromatic heterocycles. The third-order valence-electron chi connectivity index (χ3n) is 3.54. The molecular weight excluding hydrogens is 214 g/mol. The first-order valence-corrected chi connectivity index (χ1v) is 6.09. The predicted octanol–water partition coefficient (Wildman–Crippen LogP) is 2.30. The fourth-order valence-electron chi connectivity index (χ4n) is 2.69. The minimum Gasteiger partial charge on any atom is -0.493 e. The molecule has 0 saturated heterocycles. The van der Waals surface area contributed by atoms with Gasteiger partial charge in [-0.3, -0.25) is 0 Å². The van der Waals surface area contributed by atoms with Crippen molar-refractivity contribution in [1.82, 2.24) is 4.90 Å². The summed E-state index contributed by atoms with van der Waals surface area (Å²) in [5, 5.41) is 0. The molecule has 0 bridgehead atoms. The van der Waals surface area contributed by atoms with E-state index >= 15 is 0 Å². The Morgan fingerprint density at radius 1 is 1.24 bits per heavy atom. The zero-order chi connectivity index (χ0) is 12.4. The van der Waals surface area contributed by atoms with Gasteiger partial charge in [0, 0.05) is 18.7 Å². The lowest BCUT2D eigenvalue weighted by Gasteiger charge is -2.18. The summed E-state index contributed by atoms with van der Waals surface area (Å²) in [5.41, 5.74) is 2.70. The van der Waals surface area contributed by atoms with Gasteiger partial charge in [-0.2, -0.15) is 0 Å². The zero-order valence-corrected chi connectivity index (χ0v) is 11.1. The summed E-state index contributed by atoms with van der Waals surface area (Å²) in [7, 11) is 5.58. The quantitative estimate of drug-likeness (QED) is 0.785. The molecule has 0 saturated carbocycles. The number of likely N-dealkylation sites (N-methyl/N-ethyl adjacent to an activating group) is 1. The Morgan fingerprint density at radius 3 is 2.65 bits per heavy atom. The van der Waals surface area contributed by atoms with Gasteiger partial charge in [-0.1, -0.05) is 13.0 Å². The molecule has 3 nitrogen and oxygen atoms in total. The summed E-state index contributed by atoms with van der Waals surface area (Å²) in [5.74, 6) is 2.28. The van der Waals surface area contributed by atoms with Crippen molar-refractivity contribution in [2.75, 3.05) is 34.4 Å². The van der Waals surface area contributed by atoms with E-state index in [0.29, 0.717) is 5.92 Å². The van der Waals surface area contributed by atoms with Crippen molar-refractivity contribution >= 4 is 0 Å². The molecular formula is C14H21NO2. The molecule has 1 aliphatic rings. The van der Waals surface area contributed by atoms with Gasteiger partial charge in [0.2, 0.25) is 0 Å². The first-order chi connectivity index (χ1) is 8.17. The average molecular weight is 235 g/mol. The Labute approximate surface area is 103 Å². The van der Waals surface area contributed by atoms with Gasteiger partial charge in [0.15, 0.2) is 11.5 Å². The molecule has 0 amide bonds. The maximum Gasteiger partial charge on any atom is 0.164 e. The normalized spacial score (nSPS) is 20.6. The molecule has 0 aliphatic carbocycles. The van der Waals surface area contributed by atoms with E-state index in [0.717, 1.165) is 31.0 Å². The molecule has 94 valence electrons. The first kappa shape index (κ1) is 12.2. The van der Waals surface area contributed by atoms with E-state index in [2.05, 4.69) is 24.9 Å². The van der Waals surface area contributed by atoms with Crippen LogP contribution in [0.1, 0.15) is 24.0 Å². The molecule has 17 heavy (non-hydrogen) atoms. The highest BCUT2D eigenvalue weighted by Gasteiger charge is 2.22. The highest BCUT2D eigenvalue weighted by atomic mass is 16.5. The Bertz CT molecular complexity index is 403. The van der Waals surface area contributed by atoms with Gasteiger partial charge in [0.1, 0.15) is 0 Å². The molecule has 0 N–H and O–H groups in total. The fourth-order valence-corrected chi connectivity index (χ4v) is 2.69. The second-order valence-electron chi connectivity index (χ2n) is 4.78. The molecule has 0 spiro atoms. The largest absolute Gasteiger partial charge is 0.493 e. The van der Waals surface area contributed by atoms with Crippen molar-refractivity contribution in [3.63, 3.8) is 0 Å². The molecule has 1 aromatic carbocycles. The van der Waals surface area contributed by atoms with Crippen molar-refractivity contribution in [2.24, 2.45) is 0 Å². The van der Waals surface area contributed by atoms with Crippen molar-refractivity contribution in [3.05, 3.63) is 23.3 Å². The number of hydrogen-bond donors (Lipinski definition) is 0. The Balaban J connectivity index is 2.50. The van der Waals surface area contributed by atoms with E-state index in [4.69, 9.17) is 9.47 Å². The van der Waals surface area contributed by atoms with Gasteiger partial charge < -0.3 is 14.4 Å². The zero-order valence-electron chi connectivity index (χ0n) is 11.1. The van der Waals surface area contributed by atoms with Crippen LogP contribution in [-0.2, 0) is 6.42 Å². The van der Waals surface area contributed by atoms with Crippen LogP contribution in [0.25, 0.3) is 0 Å². The summed E-state index contributed by atoms with van der Waals surface area (Å²) in [6.45, 7) is 4.44. The van der Waals surface area contributed by atoms with Crippen LogP contribution >= 0.6 is 0 Å². The Kier molecular flexibility index (Phi) is 3.57. The highest BCUT2D eigenvalue weighted by molar-refractivity contribution is 5.52. The maximum absolute atomic E-state index is 5.53. The summed E-state index contributed by atoms with van der Waals surface area (Å²) in [6, 6.07) is 4.19. The molecule has 1 aliphatic heterocycles. The van der Waals surface area contributed by atoms with Gasteiger partial charge in [0.25, 0.3) is 0 Å². The lowest BCUT2D eigenvalue weighted by atomic mass is 9.94. The van der Waals surface area contributed by atoms with Gasteiger partial charge in [0.05, 0.1) is 14.2 Å². The first-order valence-electron chi connectivity index (χ1n) is 6.09. The molecule has 1 atom stereocenters. The standard InChI is InChI=1S/C14H21NO2/c1-10-9-15(2)8-7-12-11(10)5-6-13(16-3)14(12)17-4/h5-6,10H,7-9H2,1-4H3. The fraction of sp³-hybridized carbons (Fsp3) is 0.571.